The lowest BCUT2D eigenvalue weighted by Crippen LogP contribution is -2.28. The molecule has 0 aliphatic carbocycles. The Bertz CT molecular complexity index is 779. The molecule has 2 aromatic rings. The Morgan fingerprint density at radius 3 is 2.32 bits per heavy atom. The van der Waals surface area contributed by atoms with Gasteiger partial charge in [0.25, 0.3) is 5.91 Å². The van der Waals surface area contributed by atoms with Crippen LogP contribution in [0.5, 0.6) is 5.75 Å². The van der Waals surface area contributed by atoms with Crippen molar-refractivity contribution in [1.82, 2.24) is 0 Å². The van der Waals surface area contributed by atoms with E-state index in [4.69, 9.17) is 4.74 Å². The summed E-state index contributed by atoms with van der Waals surface area (Å²) in [5.74, 6) is -0.480. The molecule has 0 heterocycles. The highest BCUT2D eigenvalue weighted by molar-refractivity contribution is 5.92. The van der Waals surface area contributed by atoms with E-state index in [1.165, 1.54) is 0 Å². The minimum atomic E-state index is -0.978. The zero-order valence-electron chi connectivity index (χ0n) is 14.9. The van der Waals surface area contributed by atoms with Crippen LogP contribution in [0.25, 0.3) is 0 Å². The van der Waals surface area contributed by atoms with Crippen LogP contribution in [0.15, 0.2) is 42.5 Å². The van der Waals surface area contributed by atoms with Crippen LogP contribution in [-0.2, 0) is 15.0 Å². The summed E-state index contributed by atoms with van der Waals surface area (Å²) in [6.45, 7) is 7.08. The fourth-order valence-corrected chi connectivity index (χ4v) is 2.30. The Kier molecular flexibility index (Phi) is 5.47. The normalized spacial score (nSPS) is 11.0. The maximum absolute atomic E-state index is 12.0. The molecule has 2 aromatic carbocycles. The molecule has 2 rings (SSSR count). The molecule has 25 heavy (non-hydrogen) atoms. The lowest BCUT2D eigenvalue weighted by molar-refractivity contribution is -0.142. The Morgan fingerprint density at radius 2 is 1.72 bits per heavy atom. The number of carboxylic acid groups (broad SMARTS) is 1. The number of carbonyl (C=O) groups excluding carboxylic acids is 1. The lowest BCUT2D eigenvalue weighted by Gasteiger charge is -2.20. The van der Waals surface area contributed by atoms with Gasteiger partial charge in [-0.15, -0.1) is 0 Å². The predicted molar refractivity (Wildman–Crippen MR) is 97.1 cm³/mol. The Balaban J connectivity index is 1.97. The van der Waals surface area contributed by atoms with Crippen molar-refractivity contribution in [2.24, 2.45) is 0 Å². The van der Waals surface area contributed by atoms with Gasteiger partial charge in [0, 0.05) is 5.69 Å². The van der Waals surface area contributed by atoms with E-state index in [1.54, 1.807) is 38.1 Å². The molecule has 0 aliphatic heterocycles. The van der Waals surface area contributed by atoms with Gasteiger partial charge < -0.3 is 15.2 Å². The molecule has 0 bridgehead atoms. The first-order chi connectivity index (χ1) is 11.7. The van der Waals surface area contributed by atoms with Crippen molar-refractivity contribution >= 4 is 17.6 Å². The van der Waals surface area contributed by atoms with Gasteiger partial charge in [0.1, 0.15) is 5.75 Å². The van der Waals surface area contributed by atoms with Crippen molar-refractivity contribution in [2.45, 2.75) is 33.1 Å². The number of hydrogen-bond donors (Lipinski definition) is 2. The monoisotopic (exact) mass is 341 g/mol. The molecule has 0 saturated carbocycles. The van der Waals surface area contributed by atoms with Crippen molar-refractivity contribution < 1.29 is 19.4 Å². The average molecular weight is 341 g/mol. The first-order valence-electron chi connectivity index (χ1n) is 8.04. The third-order valence-corrected chi connectivity index (χ3v) is 4.13. The summed E-state index contributed by atoms with van der Waals surface area (Å²) < 4.78 is 5.57. The SMILES string of the molecule is Cc1ccc(C)c(OCC(=O)Nc2ccc(C(C)(C)C(=O)O)cc2)c1. The number of anilines is 1. The van der Waals surface area contributed by atoms with E-state index in [9.17, 15) is 14.7 Å². The van der Waals surface area contributed by atoms with Crippen LogP contribution >= 0.6 is 0 Å². The number of hydrogen-bond acceptors (Lipinski definition) is 3. The van der Waals surface area contributed by atoms with Crippen molar-refractivity contribution in [1.29, 1.82) is 0 Å². The second-order valence-corrected chi connectivity index (χ2v) is 6.61. The fraction of sp³-hybridized carbons (Fsp3) is 0.300. The Morgan fingerprint density at radius 1 is 1.08 bits per heavy atom. The Labute approximate surface area is 147 Å². The summed E-state index contributed by atoms with van der Waals surface area (Å²) in [5.41, 5.74) is 2.33. The number of benzene rings is 2. The summed E-state index contributed by atoms with van der Waals surface area (Å²) in [7, 11) is 0. The smallest absolute Gasteiger partial charge is 0.313 e. The highest BCUT2D eigenvalue weighted by Crippen LogP contribution is 2.25. The van der Waals surface area contributed by atoms with Gasteiger partial charge in [-0.05, 0) is 62.6 Å². The summed E-state index contributed by atoms with van der Waals surface area (Å²) >= 11 is 0. The molecule has 1 amide bonds. The molecule has 0 fully saturated rings. The summed E-state index contributed by atoms with van der Waals surface area (Å²) in [6.07, 6.45) is 0. The van der Waals surface area contributed by atoms with Crippen LogP contribution < -0.4 is 10.1 Å². The second kappa shape index (κ2) is 7.38. The summed E-state index contributed by atoms with van der Waals surface area (Å²) in [6, 6.07) is 12.6. The number of carbonyl (C=O) groups is 2. The van der Waals surface area contributed by atoms with Crippen LogP contribution in [0.2, 0.25) is 0 Å². The fourth-order valence-electron chi connectivity index (χ4n) is 2.30. The summed E-state index contributed by atoms with van der Waals surface area (Å²) in [4.78, 5) is 23.3. The molecule has 0 saturated heterocycles. The van der Waals surface area contributed by atoms with Crippen LogP contribution in [-0.4, -0.2) is 23.6 Å². The number of amides is 1. The van der Waals surface area contributed by atoms with Gasteiger partial charge >= 0.3 is 5.97 Å². The van der Waals surface area contributed by atoms with Gasteiger partial charge in [-0.2, -0.15) is 0 Å². The van der Waals surface area contributed by atoms with Crippen LogP contribution in [0.4, 0.5) is 5.69 Å². The van der Waals surface area contributed by atoms with Gasteiger partial charge in [-0.25, -0.2) is 0 Å². The zero-order chi connectivity index (χ0) is 18.6. The van der Waals surface area contributed by atoms with Crippen LogP contribution in [0, 0.1) is 13.8 Å². The van der Waals surface area contributed by atoms with E-state index in [2.05, 4.69) is 5.32 Å². The molecule has 5 heteroatoms. The van der Waals surface area contributed by atoms with Gasteiger partial charge in [-0.1, -0.05) is 24.3 Å². The first kappa shape index (κ1) is 18.5. The van der Waals surface area contributed by atoms with Crippen molar-refractivity contribution in [2.75, 3.05) is 11.9 Å². The number of carboxylic acids is 1. The van der Waals surface area contributed by atoms with E-state index >= 15 is 0 Å². The van der Waals surface area contributed by atoms with Crippen LogP contribution in [0.3, 0.4) is 0 Å². The number of ether oxygens (including phenoxy) is 1. The third-order valence-electron chi connectivity index (χ3n) is 4.13. The summed E-state index contributed by atoms with van der Waals surface area (Å²) in [5, 5.41) is 12.0. The Hall–Kier alpha value is -2.82. The molecule has 0 atom stereocenters. The molecular weight excluding hydrogens is 318 g/mol. The van der Waals surface area contributed by atoms with Crippen molar-refractivity contribution in [3.05, 3.63) is 59.2 Å². The van der Waals surface area contributed by atoms with E-state index < -0.39 is 11.4 Å². The molecule has 0 aliphatic rings. The highest BCUT2D eigenvalue weighted by atomic mass is 16.5. The van der Waals surface area contributed by atoms with Crippen molar-refractivity contribution in [3.8, 4) is 5.75 Å². The topological polar surface area (TPSA) is 75.6 Å². The molecule has 0 aromatic heterocycles. The maximum atomic E-state index is 12.0. The minimum Gasteiger partial charge on any atom is -0.483 e. The zero-order valence-corrected chi connectivity index (χ0v) is 14.9. The lowest BCUT2D eigenvalue weighted by atomic mass is 9.85. The molecule has 132 valence electrons. The van der Waals surface area contributed by atoms with Gasteiger partial charge in [-0.3, -0.25) is 9.59 Å². The van der Waals surface area contributed by atoms with E-state index in [0.29, 0.717) is 17.0 Å². The van der Waals surface area contributed by atoms with Crippen molar-refractivity contribution in [3.63, 3.8) is 0 Å². The standard InChI is InChI=1S/C20H23NO4/c1-13-5-6-14(2)17(11-13)25-12-18(22)21-16-9-7-15(8-10-16)20(3,4)19(23)24/h5-11H,12H2,1-4H3,(H,21,22)(H,23,24). The highest BCUT2D eigenvalue weighted by Gasteiger charge is 2.29. The average Bonchev–Trinajstić information content (AvgIpc) is 2.56. The van der Waals surface area contributed by atoms with E-state index in [1.807, 2.05) is 32.0 Å². The number of aliphatic carboxylic acids is 1. The number of aryl methyl sites for hydroxylation is 2. The molecule has 0 unspecified atom stereocenters. The van der Waals surface area contributed by atoms with Gasteiger partial charge in [0.05, 0.1) is 5.41 Å². The molecular formula is C20H23NO4. The molecule has 0 spiro atoms. The van der Waals surface area contributed by atoms with Gasteiger partial charge in [0.2, 0.25) is 0 Å². The van der Waals surface area contributed by atoms with Gasteiger partial charge in [0.15, 0.2) is 6.61 Å². The van der Waals surface area contributed by atoms with Crippen LogP contribution in [0.1, 0.15) is 30.5 Å². The second-order valence-electron chi connectivity index (χ2n) is 6.61. The minimum absolute atomic E-state index is 0.0906. The molecule has 5 nitrogen and oxygen atoms in total. The molecule has 2 N–H and O–H groups in total. The van der Waals surface area contributed by atoms with E-state index in [-0.39, 0.29) is 12.5 Å². The number of nitrogens with one attached hydrogen (secondary N) is 1. The van der Waals surface area contributed by atoms with E-state index in [0.717, 1.165) is 11.1 Å². The number of rotatable bonds is 6. The molecule has 0 radical (unpaired) electrons. The first-order valence-corrected chi connectivity index (χ1v) is 8.04. The third kappa shape index (κ3) is 4.59. The maximum Gasteiger partial charge on any atom is 0.313 e. The quantitative estimate of drug-likeness (QED) is 0.840. The largest absolute Gasteiger partial charge is 0.483 e. The predicted octanol–water partition coefficient (Wildman–Crippen LogP) is 3.68.